The van der Waals surface area contributed by atoms with Crippen LogP contribution in [0, 0.1) is 0 Å². The fourth-order valence-electron chi connectivity index (χ4n) is 1.70. The lowest BCUT2D eigenvalue weighted by atomic mass is 10.0. The van der Waals surface area contributed by atoms with Gasteiger partial charge in [0, 0.05) is 12.3 Å². The van der Waals surface area contributed by atoms with Gasteiger partial charge in [0.2, 0.25) is 5.56 Å². The first-order valence-electron chi connectivity index (χ1n) is 5.36. The quantitative estimate of drug-likeness (QED) is 0.910. The van der Waals surface area contributed by atoms with Crippen molar-refractivity contribution >= 4 is 0 Å². The van der Waals surface area contributed by atoms with Crippen LogP contribution in [0.2, 0.25) is 0 Å². The van der Waals surface area contributed by atoms with Crippen LogP contribution in [0.3, 0.4) is 0 Å². The Hall–Kier alpha value is -2.24. The van der Waals surface area contributed by atoms with E-state index in [-0.39, 0.29) is 11.3 Å². The number of alkyl halides is 3. The number of hydrogen-bond donors (Lipinski definition) is 1. The number of halogens is 3. The van der Waals surface area contributed by atoms with Crippen LogP contribution in [0.15, 0.2) is 41.3 Å². The molecule has 19 heavy (non-hydrogen) atoms. The van der Waals surface area contributed by atoms with Crippen LogP contribution in [-0.2, 0) is 6.18 Å². The van der Waals surface area contributed by atoms with E-state index in [4.69, 9.17) is 4.74 Å². The average Bonchev–Trinajstić information content (AvgIpc) is 2.38. The van der Waals surface area contributed by atoms with Crippen molar-refractivity contribution in [3.8, 4) is 16.9 Å². The summed E-state index contributed by atoms with van der Waals surface area (Å²) in [6.07, 6.45) is -3.13. The number of H-pyrrole nitrogens is 1. The van der Waals surface area contributed by atoms with E-state index in [9.17, 15) is 18.0 Å². The van der Waals surface area contributed by atoms with Crippen molar-refractivity contribution in [1.29, 1.82) is 0 Å². The molecule has 2 aromatic rings. The van der Waals surface area contributed by atoms with E-state index < -0.39 is 11.7 Å². The lowest BCUT2D eigenvalue weighted by Crippen LogP contribution is -2.08. The second kappa shape index (κ2) is 4.79. The smallest absolute Gasteiger partial charge is 0.419 e. The number of aromatic nitrogens is 1. The van der Waals surface area contributed by atoms with E-state index in [0.717, 1.165) is 6.07 Å². The lowest BCUT2D eigenvalue weighted by Gasteiger charge is -2.13. The van der Waals surface area contributed by atoms with Gasteiger partial charge in [0.15, 0.2) is 0 Å². The predicted octanol–water partition coefficient (Wildman–Crippen LogP) is 3.07. The largest absolute Gasteiger partial charge is 0.496 e. The minimum absolute atomic E-state index is 0.235. The Morgan fingerprint density at radius 3 is 2.32 bits per heavy atom. The van der Waals surface area contributed by atoms with Crippen molar-refractivity contribution in [3.63, 3.8) is 0 Å². The fourth-order valence-corrected chi connectivity index (χ4v) is 1.70. The van der Waals surface area contributed by atoms with Crippen LogP contribution in [-0.4, -0.2) is 12.1 Å². The molecule has 0 saturated carbocycles. The molecule has 1 aromatic heterocycles. The molecule has 0 unspecified atom stereocenters. The Bertz CT molecular complexity index is 627. The highest BCUT2D eigenvalue weighted by atomic mass is 19.4. The van der Waals surface area contributed by atoms with Gasteiger partial charge in [0.05, 0.1) is 12.7 Å². The van der Waals surface area contributed by atoms with Crippen molar-refractivity contribution in [1.82, 2.24) is 4.98 Å². The molecule has 0 radical (unpaired) electrons. The number of ether oxygens (including phenoxy) is 1. The summed E-state index contributed by atoms with van der Waals surface area (Å²) >= 11 is 0. The molecular formula is C13H10F3NO2. The molecule has 6 heteroatoms. The van der Waals surface area contributed by atoms with Crippen molar-refractivity contribution < 1.29 is 17.9 Å². The van der Waals surface area contributed by atoms with Crippen LogP contribution in [0.5, 0.6) is 5.75 Å². The van der Waals surface area contributed by atoms with E-state index in [2.05, 4.69) is 4.98 Å². The van der Waals surface area contributed by atoms with Crippen LogP contribution in [0.4, 0.5) is 13.2 Å². The minimum Gasteiger partial charge on any atom is -0.496 e. The molecule has 0 fully saturated rings. The average molecular weight is 269 g/mol. The normalized spacial score (nSPS) is 11.4. The molecule has 0 bridgehead atoms. The van der Waals surface area contributed by atoms with Crippen LogP contribution in [0.1, 0.15) is 5.56 Å². The Morgan fingerprint density at radius 1 is 1.11 bits per heavy atom. The van der Waals surface area contributed by atoms with Gasteiger partial charge in [-0.2, -0.15) is 13.2 Å². The summed E-state index contributed by atoms with van der Waals surface area (Å²) in [6.45, 7) is 0. The van der Waals surface area contributed by atoms with Crippen LogP contribution < -0.4 is 10.3 Å². The number of nitrogens with one attached hydrogen (secondary N) is 1. The van der Waals surface area contributed by atoms with Gasteiger partial charge in [-0.15, -0.1) is 0 Å². The molecule has 0 saturated heterocycles. The standard InChI is InChI=1S/C13H10F3NO2/c1-19-11-4-2-8(6-10(11)13(14,15)16)9-3-5-12(18)17-7-9/h2-7H,1H3,(H,17,18). The van der Waals surface area contributed by atoms with Gasteiger partial charge < -0.3 is 9.72 Å². The maximum atomic E-state index is 12.9. The van der Waals surface area contributed by atoms with E-state index in [1.807, 2.05) is 0 Å². The topological polar surface area (TPSA) is 42.1 Å². The summed E-state index contributed by atoms with van der Waals surface area (Å²) in [6, 6.07) is 6.46. The predicted molar refractivity (Wildman–Crippen MR) is 64.1 cm³/mol. The Kier molecular flexibility index (Phi) is 3.33. The van der Waals surface area contributed by atoms with E-state index >= 15 is 0 Å². The Labute approximate surface area is 106 Å². The minimum atomic E-state index is -4.50. The molecule has 0 aliphatic rings. The molecule has 0 atom stereocenters. The van der Waals surface area contributed by atoms with E-state index in [1.165, 1.54) is 37.6 Å². The van der Waals surface area contributed by atoms with Gasteiger partial charge in [-0.3, -0.25) is 4.79 Å². The zero-order valence-electron chi connectivity index (χ0n) is 9.91. The van der Waals surface area contributed by atoms with Crippen LogP contribution >= 0.6 is 0 Å². The third-order valence-electron chi connectivity index (χ3n) is 2.62. The number of methoxy groups -OCH3 is 1. The summed E-state index contributed by atoms with van der Waals surface area (Å²) in [5, 5.41) is 0. The number of hydrogen-bond acceptors (Lipinski definition) is 2. The van der Waals surface area contributed by atoms with Gasteiger partial charge in [-0.05, 0) is 29.3 Å². The SMILES string of the molecule is COc1ccc(-c2ccc(=O)[nH]c2)cc1C(F)(F)F. The molecule has 3 nitrogen and oxygen atoms in total. The molecule has 100 valence electrons. The maximum absolute atomic E-state index is 12.9. The number of benzene rings is 1. The van der Waals surface area contributed by atoms with Crippen molar-refractivity contribution in [2.24, 2.45) is 0 Å². The van der Waals surface area contributed by atoms with Crippen molar-refractivity contribution in [3.05, 3.63) is 52.4 Å². The first-order valence-corrected chi connectivity index (χ1v) is 5.36. The highest BCUT2D eigenvalue weighted by Crippen LogP contribution is 2.38. The van der Waals surface area contributed by atoms with Crippen molar-refractivity contribution in [2.75, 3.05) is 7.11 Å². The second-order valence-electron chi connectivity index (χ2n) is 3.85. The fraction of sp³-hybridized carbons (Fsp3) is 0.154. The second-order valence-corrected chi connectivity index (χ2v) is 3.85. The molecular weight excluding hydrogens is 259 g/mol. The van der Waals surface area contributed by atoms with E-state index in [0.29, 0.717) is 11.1 Å². The van der Waals surface area contributed by atoms with Gasteiger partial charge >= 0.3 is 6.18 Å². The first kappa shape index (κ1) is 13.2. The molecule has 0 aliphatic heterocycles. The highest BCUT2D eigenvalue weighted by molar-refractivity contribution is 5.65. The molecule has 2 rings (SSSR count). The summed E-state index contributed by atoms with van der Waals surface area (Å²) in [5.74, 6) is -0.235. The van der Waals surface area contributed by atoms with Gasteiger partial charge in [0.25, 0.3) is 0 Å². The van der Waals surface area contributed by atoms with Crippen molar-refractivity contribution in [2.45, 2.75) is 6.18 Å². The van der Waals surface area contributed by atoms with Gasteiger partial charge in [0.1, 0.15) is 5.75 Å². The molecule has 0 amide bonds. The number of aromatic amines is 1. The first-order chi connectivity index (χ1) is 8.91. The summed E-state index contributed by atoms with van der Waals surface area (Å²) in [4.78, 5) is 13.3. The Balaban J connectivity index is 2.55. The van der Waals surface area contributed by atoms with Gasteiger partial charge in [-0.1, -0.05) is 6.07 Å². The molecule has 1 heterocycles. The zero-order chi connectivity index (χ0) is 14.0. The maximum Gasteiger partial charge on any atom is 0.419 e. The zero-order valence-corrected chi connectivity index (χ0v) is 9.91. The third kappa shape index (κ3) is 2.78. The Morgan fingerprint density at radius 2 is 1.79 bits per heavy atom. The monoisotopic (exact) mass is 269 g/mol. The lowest BCUT2D eigenvalue weighted by molar-refractivity contribution is -0.138. The molecule has 0 spiro atoms. The molecule has 1 aromatic carbocycles. The van der Waals surface area contributed by atoms with Crippen LogP contribution in [0.25, 0.3) is 11.1 Å². The summed E-state index contributed by atoms with van der Waals surface area (Å²) < 4.78 is 43.3. The molecule has 0 aliphatic carbocycles. The summed E-state index contributed by atoms with van der Waals surface area (Å²) in [5.41, 5.74) is -0.316. The third-order valence-corrected chi connectivity index (χ3v) is 2.62. The number of pyridine rings is 1. The summed E-state index contributed by atoms with van der Waals surface area (Å²) in [7, 11) is 1.18. The molecule has 1 N–H and O–H groups in total. The van der Waals surface area contributed by atoms with Gasteiger partial charge in [-0.25, -0.2) is 0 Å². The highest BCUT2D eigenvalue weighted by Gasteiger charge is 2.34. The van der Waals surface area contributed by atoms with E-state index in [1.54, 1.807) is 0 Å². The number of rotatable bonds is 2.